The fourth-order valence-electron chi connectivity index (χ4n) is 2.02. The molecule has 0 fully saturated rings. The molecule has 0 saturated heterocycles. The molecule has 102 valence electrons. The summed E-state index contributed by atoms with van der Waals surface area (Å²) >= 11 is 3.33. The maximum absolute atomic E-state index is 13.8. The fourth-order valence-corrected chi connectivity index (χ4v) is 2.65. The van der Waals surface area contributed by atoms with Crippen LogP contribution in [0.15, 0.2) is 45.6 Å². The molecular weight excluding hydrogens is 332 g/mol. The number of rotatable bonds is 2. The SMILES string of the molecule is O=c1[nH]c2ccc(C(Br)c3cccc(F)c3F)cc2o1. The van der Waals surface area contributed by atoms with Crippen LogP contribution < -0.4 is 5.76 Å². The summed E-state index contributed by atoms with van der Waals surface area (Å²) in [5, 5.41) is 0. The summed E-state index contributed by atoms with van der Waals surface area (Å²) in [5.41, 5.74) is 1.76. The Hall–Kier alpha value is -1.95. The molecule has 1 N–H and O–H groups in total. The summed E-state index contributed by atoms with van der Waals surface area (Å²) < 4.78 is 32.0. The third kappa shape index (κ3) is 2.16. The van der Waals surface area contributed by atoms with Gasteiger partial charge in [0.2, 0.25) is 0 Å². The van der Waals surface area contributed by atoms with Crippen LogP contribution in [-0.2, 0) is 0 Å². The number of aromatic nitrogens is 1. The first kappa shape index (κ1) is 13.1. The highest BCUT2D eigenvalue weighted by Crippen LogP contribution is 2.34. The minimum absolute atomic E-state index is 0.183. The lowest BCUT2D eigenvalue weighted by Gasteiger charge is -2.11. The summed E-state index contributed by atoms with van der Waals surface area (Å²) in [6.07, 6.45) is 0. The Balaban J connectivity index is 2.09. The van der Waals surface area contributed by atoms with Crippen LogP contribution in [0.4, 0.5) is 8.78 Å². The molecule has 0 aliphatic rings. The number of hydrogen-bond acceptors (Lipinski definition) is 2. The lowest BCUT2D eigenvalue weighted by atomic mass is 10.0. The van der Waals surface area contributed by atoms with E-state index in [1.165, 1.54) is 12.1 Å². The minimum atomic E-state index is -0.902. The highest BCUT2D eigenvalue weighted by molar-refractivity contribution is 9.09. The second-order valence-corrected chi connectivity index (χ2v) is 5.19. The van der Waals surface area contributed by atoms with Crippen LogP contribution in [-0.4, -0.2) is 4.98 Å². The van der Waals surface area contributed by atoms with Crippen LogP contribution in [0.3, 0.4) is 0 Å². The number of hydrogen-bond donors (Lipinski definition) is 1. The highest BCUT2D eigenvalue weighted by Gasteiger charge is 2.18. The van der Waals surface area contributed by atoms with Crippen LogP contribution >= 0.6 is 15.9 Å². The second-order valence-electron chi connectivity index (χ2n) is 4.28. The molecule has 3 aromatic rings. The zero-order valence-corrected chi connectivity index (χ0v) is 11.6. The highest BCUT2D eigenvalue weighted by atomic mass is 79.9. The Bertz CT molecular complexity index is 841. The van der Waals surface area contributed by atoms with Crippen molar-refractivity contribution in [2.75, 3.05) is 0 Å². The van der Waals surface area contributed by atoms with Crippen LogP contribution in [0, 0.1) is 11.6 Å². The van der Waals surface area contributed by atoms with Gasteiger partial charge in [0.05, 0.1) is 10.3 Å². The van der Waals surface area contributed by atoms with E-state index in [2.05, 4.69) is 20.9 Å². The van der Waals surface area contributed by atoms with Gasteiger partial charge in [0.25, 0.3) is 0 Å². The molecule has 3 rings (SSSR count). The first-order valence-corrected chi connectivity index (χ1v) is 6.68. The normalized spacial score (nSPS) is 12.8. The van der Waals surface area contributed by atoms with Gasteiger partial charge in [-0.3, -0.25) is 4.98 Å². The van der Waals surface area contributed by atoms with E-state index in [1.54, 1.807) is 18.2 Å². The molecule has 6 heteroatoms. The molecule has 1 aromatic heterocycles. The molecule has 0 bridgehead atoms. The third-order valence-corrected chi connectivity index (χ3v) is 4.01. The van der Waals surface area contributed by atoms with E-state index in [1.807, 2.05) is 0 Å². The summed E-state index contributed by atoms with van der Waals surface area (Å²) in [5.74, 6) is -2.36. The van der Waals surface area contributed by atoms with Gasteiger partial charge in [0.1, 0.15) is 0 Å². The van der Waals surface area contributed by atoms with Crippen LogP contribution in [0.25, 0.3) is 11.1 Å². The van der Waals surface area contributed by atoms with Crippen molar-refractivity contribution < 1.29 is 13.2 Å². The number of alkyl halides is 1. The average Bonchev–Trinajstić information content (AvgIpc) is 2.80. The maximum Gasteiger partial charge on any atom is 0.417 e. The summed E-state index contributed by atoms with van der Waals surface area (Å²) in [7, 11) is 0. The minimum Gasteiger partial charge on any atom is -0.408 e. The molecule has 0 amide bonds. The second kappa shape index (κ2) is 4.86. The van der Waals surface area contributed by atoms with Gasteiger partial charge in [0, 0.05) is 5.56 Å². The monoisotopic (exact) mass is 339 g/mol. The molecule has 0 aliphatic heterocycles. The summed E-state index contributed by atoms with van der Waals surface area (Å²) in [6.45, 7) is 0. The number of nitrogens with one attached hydrogen (secondary N) is 1. The predicted molar refractivity (Wildman–Crippen MR) is 74.0 cm³/mol. The number of aromatic amines is 1. The molecule has 0 aliphatic carbocycles. The van der Waals surface area contributed by atoms with Crippen molar-refractivity contribution in [2.45, 2.75) is 4.83 Å². The van der Waals surface area contributed by atoms with E-state index in [9.17, 15) is 13.6 Å². The van der Waals surface area contributed by atoms with Crippen molar-refractivity contribution in [1.29, 1.82) is 0 Å². The molecule has 0 spiro atoms. The lowest BCUT2D eigenvalue weighted by molar-refractivity contribution is 0.500. The predicted octanol–water partition coefficient (Wildman–Crippen LogP) is 3.88. The number of H-pyrrole nitrogens is 1. The van der Waals surface area contributed by atoms with Crippen molar-refractivity contribution in [3.8, 4) is 0 Å². The van der Waals surface area contributed by atoms with E-state index in [4.69, 9.17) is 4.42 Å². The topological polar surface area (TPSA) is 46.0 Å². The molecule has 2 aromatic carbocycles. The van der Waals surface area contributed by atoms with Gasteiger partial charge >= 0.3 is 5.76 Å². The summed E-state index contributed by atoms with van der Waals surface area (Å²) in [6, 6.07) is 8.97. The smallest absolute Gasteiger partial charge is 0.408 e. The van der Waals surface area contributed by atoms with E-state index in [-0.39, 0.29) is 5.56 Å². The van der Waals surface area contributed by atoms with Crippen molar-refractivity contribution in [1.82, 2.24) is 4.98 Å². The van der Waals surface area contributed by atoms with E-state index >= 15 is 0 Å². The van der Waals surface area contributed by atoms with Gasteiger partial charge in [0.15, 0.2) is 17.2 Å². The zero-order valence-electron chi connectivity index (χ0n) is 9.99. The Morgan fingerprint density at radius 3 is 2.80 bits per heavy atom. The van der Waals surface area contributed by atoms with E-state index in [0.29, 0.717) is 16.7 Å². The number of benzene rings is 2. The Labute approximate surface area is 120 Å². The maximum atomic E-state index is 13.8. The van der Waals surface area contributed by atoms with Gasteiger partial charge in [-0.15, -0.1) is 0 Å². The van der Waals surface area contributed by atoms with Crippen molar-refractivity contribution >= 4 is 27.0 Å². The standard InChI is InChI=1S/C14H8BrF2NO2/c15-12(8-2-1-3-9(16)13(8)17)7-4-5-10-11(6-7)20-14(19)18-10/h1-6,12H,(H,18,19). The molecule has 1 heterocycles. The molecule has 1 unspecified atom stereocenters. The molecule has 20 heavy (non-hydrogen) atoms. The first-order valence-electron chi connectivity index (χ1n) is 5.77. The van der Waals surface area contributed by atoms with Crippen LogP contribution in [0.5, 0.6) is 0 Å². The number of halogens is 3. The molecule has 1 atom stereocenters. The Morgan fingerprint density at radius 2 is 2.00 bits per heavy atom. The van der Waals surface area contributed by atoms with Gasteiger partial charge < -0.3 is 4.42 Å². The number of oxazole rings is 1. The van der Waals surface area contributed by atoms with Gasteiger partial charge in [-0.05, 0) is 23.8 Å². The zero-order chi connectivity index (χ0) is 14.3. The van der Waals surface area contributed by atoms with E-state index in [0.717, 1.165) is 6.07 Å². The van der Waals surface area contributed by atoms with Crippen LogP contribution in [0.1, 0.15) is 16.0 Å². The fraction of sp³-hybridized carbons (Fsp3) is 0.0714. The summed E-state index contributed by atoms with van der Waals surface area (Å²) in [4.78, 5) is 13.1. The van der Waals surface area contributed by atoms with Gasteiger partial charge in [-0.2, -0.15) is 0 Å². The van der Waals surface area contributed by atoms with E-state index < -0.39 is 22.2 Å². The van der Waals surface area contributed by atoms with Gasteiger partial charge in [-0.1, -0.05) is 34.1 Å². The van der Waals surface area contributed by atoms with Crippen LogP contribution in [0.2, 0.25) is 0 Å². The molecule has 3 nitrogen and oxygen atoms in total. The van der Waals surface area contributed by atoms with Crippen molar-refractivity contribution in [3.05, 3.63) is 69.7 Å². The Morgan fingerprint density at radius 1 is 1.20 bits per heavy atom. The molecule has 0 saturated carbocycles. The first-order chi connectivity index (χ1) is 9.56. The third-order valence-electron chi connectivity index (χ3n) is 2.99. The van der Waals surface area contributed by atoms with Gasteiger partial charge in [-0.25, -0.2) is 13.6 Å². The van der Waals surface area contributed by atoms with Crippen molar-refractivity contribution in [2.24, 2.45) is 0 Å². The molecular formula is C14H8BrF2NO2. The largest absolute Gasteiger partial charge is 0.417 e. The Kier molecular flexibility index (Phi) is 3.17. The average molecular weight is 340 g/mol. The molecule has 0 radical (unpaired) electrons. The number of fused-ring (bicyclic) bond motifs is 1. The lowest BCUT2D eigenvalue weighted by Crippen LogP contribution is -1.98. The quantitative estimate of drug-likeness (QED) is 0.720. The van der Waals surface area contributed by atoms with Crippen molar-refractivity contribution in [3.63, 3.8) is 0 Å².